The molecule has 20 heavy (non-hydrogen) atoms. The third-order valence-electron chi connectivity index (χ3n) is 2.93. The Morgan fingerprint density at radius 2 is 1.70 bits per heavy atom. The first-order valence-electron chi connectivity index (χ1n) is 6.78. The van der Waals surface area contributed by atoms with Gasteiger partial charge in [0.1, 0.15) is 0 Å². The number of nitrogens with one attached hydrogen (secondary N) is 1. The number of anilines is 1. The van der Waals surface area contributed by atoms with Gasteiger partial charge in [0.05, 0.1) is 4.90 Å². The van der Waals surface area contributed by atoms with Crippen LogP contribution in [0, 0.1) is 0 Å². The van der Waals surface area contributed by atoms with E-state index in [9.17, 15) is 13.2 Å². The molecule has 1 aromatic rings. The quantitative estimate of drug-likeness (QED) is 0.584. The van der Waals surface area contributed by atoms with Gasteiger partial charge in [-0.2, -0.15) is 0 Å². The van der Waals surface area contributed by atoms with Gasteiger partial charge in [0.15, 0.2) is 0 Å². The van der Waals surface area contributed by atoms with Gasteiger partial charge in [0.25, 0.3) is 9.05 Å². The van der Waals surface area contributed by atoms with Crippen LogP contribution >= 0.6 is 10.7 Å². The molecule has 0 saturated heterocycles. The lowest BCUT2D eigenvalue weighted by Gasteiger charge is -2.05. The summed E-state index contributed by atoms with van der Waals surface area (Å²) in [5.41, 5.74) is 0.577. The van der Waals surface area contributed by atoms with Gasteiger partial charge in [0, 0.05) is 22.8 Å². The van der Waals surface area contributed by atoms with Gasteiger partial charge in [-0.3, -0.25) is 4.79 Å². The van der Waals surface area contributed by atoms with Crippen LogP contribution in [0.3, 0.4) is 0 Å². The van der Waals surface area contributed by atoms with Crippen molar-refractivity contribution in [1.82, 2.24) is 0 Å². The Hall–Kier alpha value is -1.07. The number of carbonyl (C=O) groups excluding carboxylic acids is 1. The van der Waals surface area contributed by atoms with Crippen LogP contribution in [0.25, 0.3) is 0 Å². The molecule has 0 unspecified atom stereocenters. The van der Waals surface area contributed by atoms with E-state index in [0.717, 1.165) is 19.3 Å². The van der Waals surface area contributed by atoms with Gasteiger partial charge in [0.2, 0.25) is 5.91 Å². The van der Waals surface area contributed by atoms with E-state index in [-0.39, 0.29) is 10.8 Å². The van der Waals surface area contributed by atoms with Crippen molar-refractivity contribution in [2.45, 2.75) is 50.3 Å². The number of hydrogen-bond donors (Lipinski definition) is 1. The molecule has 0 radical (unpaired) electrons. The van der Waals surface area contributed by atoms with E-state index in [1.807, 2.05) is 0 Å². The molecule has 1 rings (SSSR count). The molecule has 112 valence electrons. The fourth-order valence-corrected chi connectivity index (χ4v) is 2.58. The van der Waals surface area contributed by atoms with Gasteiger partial charge in [-0.1, -0.05) is 32.6 Å². The molecule has 6 heteroatoms. The van der Waals surface area contributed by atoms with E-state index < -0.39 is 9.05 Å². The van der Waals surface area contributed by atoms with Crippen LogP contribution in [-0.4, -0.2) is 14.3 Å². The van der Waals surface area contributed by atoms with Gasteiger partial charge < -0.3 is 5.32 Å². The molecule has 0 heterocycles. The van der Waals surface area contributed by atoms with E-state index in [2.05, 4.69) is 12.2 Å². The lowest BCUT2D eigenvalue weighted by Crippen LogP contribution is -2.11. The number of rotatable bonds is 8. The van der Waals surface area contributed by atoms with Gasteiger partial charge in [-0.05, 0) is 30.7 Å². The van der Waals surface area contributed by atoms with Gasteiger partial charge >= 0.3 is 0 Å². The standard InChI is InChI=1S/C14H20ClNO3S/c1-2-3-4-5-6-7-14(17)16-12-8-10-13(11-9-12)20(15,18)19/h8-11H,2-7H2,1H3,(H,16,17). The van der Waals surface area contributed by atoms with Crippen molar-refractivity contribution in [3.63, 3.8) is 0 Å². The Morgan fingerprint density at radius 1 is 1.10 bits per heavy atom. The Balaban J connectivity index is 2.39. The number of hydrogen-bond acceptors (Lipinski definition) is 3. The lowest BCUT2D eigenvalue weighted by molar-refractivity contribution is -0.116. The van der Waals surface area contributed by atoms with Crippen LogP contribution in [-0.2, 0) is 13.8 Å². The average molecular weight is 318 g/mol. The summed E-state index contributed by atoms with van der Waals surface area (Å²) in [7, 11) is 1.50. The zero-order chi connectivity index (χ0) is 15.0. The second-order valence-electron chi connectivity index (χ2n) is 4.67. The molecule has 0 aliphatic rings. The summed E-state index contributed by atoms with van der Waals surface area (Å²) in [5, 5.41) is 2.73. The normalized spacial score (nSPS) is 11.3. The smallest absolute Gasteiger partial charge is 0.261 e. The Bertz CT molecular complexity index is 526. The van der Waals surface area contributed by atoms with Crippen molar-refractivity contribution < 1.29 is 13.2 Å². The fraction of sp³-hybridized carbons (Fsp3) is 0.500. The Morgan fingerprint density at radius 3 is 2.25 bits per heavy atom. The Kier molecular flexibility index (Phi) is 7.02. The molecule has 1 aromatic carbocycles. The van der Waals surface area contributed by atoms with Gasteiger partial charge in [-0.25, -0.2) is 8.42 Å². The van der Waals surface area contributed by atoms with E-state index in [1.54, 1.807) is 0 Å². The molecule has 1 amide bonds. The molecule has 0 fully saturated rings. The summed E-state index contributed by atoms with van der Waals surface area (Å²) in [6, 6.07) is 5.81. The van der Waals surface area contributed by atoms with E-state index in [1.165, 1.54) is 37.1 Å². The summed E-state index contributed by atoms with van der Waals surface area (Å²) in [6.07, 6.45) is 5.97. The van der Waals surface area contributed by atoms with Crippen molar-refractivity contribution in [2.75, 3.05) is 5.32 Å². The molecule has 0 saturated carbocycles. The van der Waals surface area contributed by atoms with Crippen LogP contribution in [0.1, 0.15) is 45.4 Å². The second kappa shape index (κ2) is 8.27. The van der Waals surface area contributed by atoms with Crippen LogP contribution in [0.15, 0.2) is 29.2 Å². The minimum atomic E-state index is -3.71. The minimum absolute atomic E-state index is 0.0248. The van der Waals surface area contributed by atoms with E-state index in [0.29, 0.717) is 12.1 Å². The maximum Gasteiger partial charge on any atom is 0.261 e. The summed E-state index contributed by atoms with van der Waals surface area (Å²) in [4.78, 5) is 11.7. The molecular formula is C14H20ClNO3S. The predicted octanol–water partition coefficient (Wildman–Crippen LogP) is 3.91. The summed E-state index contributed by atoms with van der Waals surface area (Å²) < 4.78 is 22.1. The second-order valence-corrected chi connectivity index (χ2v) is 7.24. The van der Waals surface area contributed by atoms with Crippen LogP contribution in [0.4, 0.5) is 5.69 Å². The topological polar surface area (TPSA) is 63.2 Å². The average Bonchev–Trinajstić information content (AvgIpc) is 2.38. The minimum Gasteiger partial charge on any atom is -0.326 e. The summed E-state index contributed by atoms with van der Waals surface area (Å²) >= 11 is 0. The maximum atomic E-state index is 11.7. The summed E-state index contributed by atoms with van der Waals surface area (Å²) in [5.74, 6) is -0.0528. The first kappa shape index (κ1) is 17.0. The van der Waals surface area contributed by atoms with E-state index in [4.69, 9.17) is 10.7 Å². The number of unbranched alkanes of at least 4 members (excludes halogenated alkanes) is 4. The summed E-state index contributed by atoms with van der Waals surface area (Å²) in [6.45, 7) is 2.15. The zero-order valence-electron chi connectivity index (χ0n) is 11.6. The largest absolute Gasteiger partial charge is 0.326 e. The van der Waals surface area contributed by atoms with Gasteiger partial charge in [-0.15, -0.1) is 0 Å². The highest BCUT2D eigenvalue weighted by atomic mass is 35.7. The van der Waals surface area contributed by atoms with Crippen LogP contribution in [0.2, 0.25) is 0 Å². The van der Waals surface area contributed by atoms with Crippen LogP contribution in [0.5, 0.6) is 0 Å². The molecule has 0 aliphatic carbocycles. The van der Waals surface area contributed by atoms with Crippen molar-refractivity contribution in [1.29, 1.82) is 0 Å². The zero-order valence-corrected chi connectivity index (χ0v) is 13.1. The third-order valence-corrected chi connectivity index (χ3v) is 4.30. The van der Waals surface area contributed by atoms with Crippen LogP contribution < -0.4 is 5.32 Å². The van der Waals surface area contributed by atoms with Crippen molar-refractivity contribution in [3.05, 3.63) is 24.3 Å². The number of benzene rings is 1. The third kappa shape index (κ3) is 6.39. The molecule has 1 N–H and O–H groups in total. The molecule has 0 aliphatic heterocycles. The highest BCUT2D eigenvalue weighted by molar-refractivity contribution is 8.13. The number of amides is 1. The molecule has 0 bridgehead atoms. The van der Waals surface area contributed by atoms with Crippen molar-refractivity contribution in [3.8, 4) is 0 Å². The fourth-order valence-electron chi connectivity index (χ4n) is 1.81. The SMILES string of the molecule is CCCCCCCC(=O)Nc1ccc(S(=O)(=O)Cl)cc1. The first-order valence-corrected chi connectivity index (χ1v) is 9.09. The molecular weight excluding hydrogens is 298 g/mol. The van der Waals surface area contributed by atoms with E-state index >= 15 is 0 Å². The number of carbonyl (C=O) groups is 1. The number of halogens is 1. The first-order chi connectivity index (χ1) is 9.43. The highest BCUT2D eigenvalue weighted by Crippen LogP contribution is 2.18. The van der Waals surface area contributed by atoms with Crippen molar-refractivity contribution in [2.24, 2.45) is 0 Å². The maximum absolute atomic E-state index is 11.7. The lowest BCUT2D eigenvalue weighted by atomic mass is 10.1. The van der Waals surface area contributed by atoms with Crippen molar-refractivity contribution >= 4 is 31.3 Å². The predicted molar refractivity (Wildman–Crippen MR) is 81.5 cm³/mol. The molecule has 0 spiro atoms. The molecule has 4 nitrogen and oxygen atoms in total. The Labute approximate surface area is 124 Å². The molecule has 0 atom stereocenters. The monoisotopic (exact) mass is 317 g/mol. The molecule has 0 aromatic heterocycles. The highest BCUT2D eigenvalue weighted by Gasteiger charge is 2.09.